The third-order valence-corrected chi connectivity index (χ3v) is 17.4. The molecule has 9 atom stereocenters. The summed E-state index contributed by atoms with van der Waals surface area (Å²) in [5.74, 6) is 0.390. The van der Waals surface area contributed by atoms with Crippen molar-refractivity contribution in [3.8, 4) is 0 Å². The first-order valence-electron chi connectivity index (χ1n) is 21.8. The lowest BCUT2D eigenvalue weighted by atomic mass is 9.33. The monoisotopic (exact) mass is 767 g/mol. The Balaban J connectivity index is 1.29. The van der Waals surface area contributed by atoms with Crippen molar-refractivity contribution in [2.45, 2.75) is 158 Å². The number of amides is 1. The molecule has 310 valence electrons. The molecule has 9 nitrogen and oxygen atoms in total. The van der Waals surface area contributed by atoms with E-state index in [1.165, 1.54) is 12.0 Å². The fraction of sp³-hybridized carbons (Fsp3) is 0.870. The van der Waals surface area contributed by atoms with E-state index in [1.807, 2.05) is 23.9 Å². The van der Waals surface area contributed by atoms with Gasteiger partial charge in [-0.15, -0.1) is 0 Å². The number of nitrogens with zero attached hydrogens (tertiary/aromatic N) is 2. The van der Waals surface area contributed by atoms with Gasteiger partial charge in [0.05, 0.1) is 24.5 Å². The molecule has 6 rings (SSSR count). The number of ketones is 1. The van der Waals surface area contributed by atoms with Crippen LogP contribution in [-0.4, -0.2) is 89.6 Å². The summed E-state index contributed by atoms with van der Waals surface area (Å²) in [6, 6.07) is 0. The second-order valence-electron chi connectivity index (χ2n) is 21.9. The van der Waals surface area contributed by atoms with Gasteiger partial charge in [0.15, 0.2) is 5.78 Å². The lowest BCUT2D eigenvalue weighted by Gasteiger charge is -2.72. The number of esters is 1. The van der Waals surface area contributed by atoms with E-state index in [2.05, 4.69) is 48.5 Å². The number of aliphatic carboxylic acids is 1. The van der Waals surface area contributed by atoms with Gasteiger partial charge in [0.1, 0.15) is 6.10 Å². The molecule has 0 aromatic carbocycles. The number of likely N-dealkylation sites (N-methyl/N-ethyl adjacent to an activating group) is 1. The lowest BCUT2D eigenvalue weighted by molar-refractivity contribution is -0.235. The Labute approximate surface area is 331 Å². The number of carboxylic acid groups (broad SMARTS) is 1. The summed E-state index contributed by atoms with van der Waals surface area (Å²) in [5, 5.41) is 22.2. The molecule has 2 N–H and O–H groups in total. The van der Waals surface area contributed by atoms with Crippen LogP contribution in [0.25, 0.3) is 0 Å². The van der Waals surface area contributed by atoms with E-state index in [0.29, 0.717) is 37.3 Å². The first-order chi connectivity index (χ1) is 25.4. The molecule has 55 heavy (non-hydrogen) atoms. The molecule has 5 saturated carbocycles. The minimum Gasteiger partial charge on any atom is -0.481 e. The van der Waals surface area contributed by atoms with Crippen LogP contribution in [0.1, 0.15) is 146 Å². The van der Waals surface area contributed by atoms with Crippen LogP contribution in [0.5, 0.6) is 0 Å². The van der Waals surface area contributed by atoms with E-state index in [9.17, 15) is 29.4 Å². The van der Waals surface area contributed by atoms with Gasteiger partial charge in [0.25, 0.3) is 0 Å². The molecule has 0 aromatic rings. The minimum absolute atomic E-state index is 0.0159. The van der Waals surface area contributed by atoms with Crippen LogP contribution < -0.4 is 0 Å². The van der Waals surface area contributed by atoms with Crippen LogP contribution in [0, 0.1) is 62.1 Å². The highest BCUT2D eigenvalue weighted by Gasteiger charge is 2.71. The summed E-state index contributed by atoms with van der Waals surface area (Å²) in [5.41, 5.74) is 0.116. The van der Waals surface area contributed by atoms with Crippen molar-refractivity contribution in [1.82, 2.24) is 9.80 Å². The molecular weight excluding hydrogens is 693 g/mol. The van der Waals surface area contributed by atoms with Crippen molar-refractivity contribution >= 4 is 23.6 Å². The SMILES string of the molecule is CC(C)C1=C2[C@H]3CC[C@@H]4[C@@]5(C)CC[C@H](OC(=O)CC(C)(C)C(=O)O)C(C)(C)C5CC[C@@]4(C)[C@]3(C)CC[C@@]2([C@@H](O)CN(CC2CCC2)C(=O)CN(C)C)CC1=O. The van der Waals surface area contributed by atoms with Crippen molar-refractivity contribution < 1.29 is 34.1 Å². The summed E-state index contributed by atoms with van der Waals surface area (Å²) < 4.78 is 6.18. The van der Waals surface area contributed by atoms with Crippen LogP contribution in [0.4, 0.5) is 0 Å². The van der Waals surface area contributed by atoms with Gasteiger partial charge in [0, 0.05) is 30.3 Å². The first-order valence-corrected chi connectivity index (χ1v) is 21.8. The van der Waals surface area contributed by atoms with Crippen molar-refractivity contribution in [3.63, 3.8) is 0 Å². The number of aliphatic hydroxyl groups excluding tert-OH is 1. The van der Waals surface area contributed by atoms with Crippen molar-refractivity contribution in [1.29, 1.82) is 0 Å². The maximum atomic E-state index is 14.2. The molecule has 0 aromatic heterocycles. The molecule has 6 aliphatic rings. The Morgan fingerprint density at radius 1 is 0.891 bits per heavy atom. The number of aliphatic hydroxyl groups is 1. The second kappa shape index (κ2) is 14.5. The number of rotatable bonds is 12. The number of carbonyl (C=O) groups is 4. The number of Topliss-reactive ketones (excluding diaryl/α,β-unsaturated/α-hetero) is 1. The third-order valence-electron chi connectivity index (χ3n) is 17.4. The van der Waals surface area contributed by atoms with E-state index >= 15 is 0 Å². The standard InChI is InChI=1S/C46H74N2O7/c1-28(2)38-31(49)23-46(34(50)26-48(25-29-13-12-14-29)36(51)27-47(10)11)22-21-44(8)30(39(38)46)15-16-33-43(7)19-18-35(55-37(52)24-41(3,4)40(53)54)42(5,6)32(43)17-20-45(33,44)9/h28-30,32-35,50H,12-27H2,1-11H3,(H,53,54)/t30-,32?,33-,34+,35+,43+,44-,45-,46+/m1/s1. The molecule has 0 radical (unpaired) electrons. The number of fused-ring (bicyclic) bond motifs is 7. The van der Waals surface area contributed by atoms with Crippen LogP contribution >= 0.6 is 0 Å². The summed E-state index contributed by atoms with van der Waals surface area (Å²) in [6.45, 7) is 20.8. The Bertz CT molecular complexity index is 1580. The Kier molecular flexibility index (Phi) is 11.2. The van der Waals surface area contributed by atoms with Gasteiger partial charge in [-0.2, -0.15) is 0 Å². The summed E-state index contributed by atoms with van der Waals surface area (Å²) in [4.78, 5) is 56.6. The van der Waals surface area contributed by atoms with Crippen LogP contribution in [0.3, 0.4) is 0 Å². The van der Waals surface area contributed by atoms with Crippen molar-refractivity contribution in [2.75, 3.05) is 33.7 Å². The van der Waals surface area contributed by atoms with Gasteiger partial charge >= 0.3 is 11.9 Å². The zero-order valence-corrected chi connectivity index (χ0v) is 36.2. The van der Waals surface area contributed by atoms with Gasteiger partial charge < -0.3 is 24.7 Å². The average Bonchev–Trinajstić information content (AvgIpc) is 3.36. The highest BCUT2D eigenvalue weighted by atomic mass is 16.5. The summed E-state index contributed by atoms with van der Waals surface area (Å²) in [7, 11) is 3.83. The molecule has 5 fully saturated rings. The Hall–Kier alpha value is -2.26. The zero-order valence-electron chi connectivity index (χ0n) is 36.2. The van der Waals surface area contributed by atoms with E-state index in [4.69, 9.17) is 4.74 Å². The Morgan fingerprint density at radius 2 is 1.56 bits per heavy atom. The van der Waals surface area contributed by atoms with E-state index < -0.39 is 28.9 Å². The normalized spacial score (nSPS) is 37.7. The summed E-state index contributed by atoms with van der Waals surface area (Å²) >= 11 is 0. The minimum atomic E-state index is -1.17. The number of ether oxygens (including phenoxy) is 1. The molecule has 0 heterocycles. The van der Waals surface area contributed by atoms with E-state index in [-0.39, 0.29) is 64.3 Å². The summed E-state index contributed by atoms with van der Waals surface area (Å²) in [6.07, 6.45) is 10.2. The van der Waals surface area contributed by atoms with Gasteiger partial charge in [0.2, 0.25) is 5.91 Å². The predicted molar refractivity (Wildman–Crippen MR) is 214 cm³/mol. The maximum absolute atomic E-state index is 14.2. The quantitative estimate of drug-likeness (QED) is 0.192. The molecule has 0 saturated heterocycles. The molecule has 1 unspecified atom stereocenters. The topological polar surface area (TPSA) is 124 Å². The van der Waals surface area contributed by atoms with Crippen molar-refractivity contribution in [3.05, 3.63) is 11.1 Å². The lowest BCUT2D eigenvalue weighted by Crippen LogP contribution is -2.66. The number of hydrogen-bond acceptors (Lipinski definition) is 7. The van der Waals surface area contributed by atoms with E-state index in [0.717, 1.165) is 69.8 Å². The average molecular weight is 767 g/mol. The molecular formula is C46H74N2O7. The third kappa shape index (κ3) is 6.85. The van der Waals surface area contributed by atoms with Crippen LogP contribution in [-0.2, 0) is 23.9 Å². The molecule has 0 spiro atoms. The maximum Gasteiger partial charge on any atom is 0.309 e. The molecule has 1 amide bonds. The van der Waals surface area contributed by atoms with Gasteiger partial charge in [-0.1, -0.05) is 60.5 Å². The predicted octanol–water partition coefficient (Wildman–Crippen LogP) is 7.93. The van der Waals surface area contributed by atoms with Gasteiger partial charge in [-0.05, 0) is 144 Å². The van der Waals surface area contributed by atoms with Gasteiger partial charge in [-0.25, -0.2) is 0 Å². The van der Waals surface area contributed by atoms with E-state index in [1.54, 1.807) is 13.8 Å². The van der Waals surface area contributed by atoms with Crippen molar-refractivity contribution in [2.24, 2.45) is 62.1 Å². The second-order valence-corrected chi connectivity index (χ2v) is 21.9. The highest BCUT2D eigenvalue weighted by molar-refractivity contribution is 6.00. The van der Waals surface area contributed by atoms with Gasteiger partial charge in [-0.3, -0.25) is 19.2 Å². The molecule has 0 bridgehead atoms. The molecule has 0 aliphatic heterocycles. The fourth-order valence-electron chi connectivity index (χ4n) is 13.9. The largest absolute Gasteiger partial charge is 0.481 e. The number of hydrogen-bond donors (Lipinski definition) is 2. The fourth-order valence-corrected chi connectivity index (χ4v) is 13.9. The van der Waals surface area contributed by atoms with Crippen LogP contribution in [0.15, 0.2) is 11.1 Å². The number of carbonyl (C=O) groups excluding carboxylic acids is 3. The molecule has 9 heteroatoms. The number of carboxylic acids is 1. The van der Waals surface area contributed by atoms with Crippen LogP contribution in [0.2, 0.25) is 0 Å². The smallest absolute Gasteiger partial charge is 0.309 e. The molecule has 6 aliphatic carbocycles. The first kappa shape index (κ1) is 42.3. The number of allylic oxidation sites excluding steroid dienone is 1. The Morgan fingerprint density at radius 3 is 2.15 bits per heavy atom. The zero-order chi connectivity index (χ0) is 40.7. The highest BCUT2D eigenvalue weighted by Crippen LogP contribution is 2.77.